The van der Waals surface area contributed by atoms with Crippen molar-refractivity contribution >= 4 is 22.6 Å². The van der Waals surface area contributed by atoms with Gasteiger partial charge in [0.1, 0.15) is 0 Å². The predicted octanol–water partition coefficient (Wildman–Crippen LogP) is 1.95. The van der Waals surface area contributed by atoms with Gasteiger partial charge in [-0.3, -0.25) is 4.79 Å². The van der Waals surface area contributed by atoms with Crippen molar-refractivity contribution in [2.45, 2.75) is 6.92 Å². The Bertz CT molecular complexity index is 632. The zero-order chi connectivity index (χ0) is 12.6. The van der Waals surface area contributed by atoms with Crippen molar-refractivity contribution in [2.75, 3.05) is 0 Å². The van der Waals surface area contributed by atoms with Crippen LogP contribution in [0.2, 0.25) is 0 Å². The Morgan fingerprint density at radius 1 is 1.18 bits per heavy atom. The highest BCUT2D eigenvalue weighted by Crippen LogP contribution is 2.23. The number of carboxylic acid groups (broad SMARTS) is 1. The number of nitrogens with two attached hydrogens (primary N) is 1. The number of hydrogen-bond donors (Lipinski definition) is 2. The first kappa shape index (κ1) is 11.1. The lowest BCUT2D eigenvalue weighted by Crippen LogP contribution is -2.11. The molecule has 17 heavy (non-hydrogen) atoms. The summed E-state index contributed by atoms with van der Waals surface area (Å²) in [5.74, 6) is -1.57. The largest absolute Gasteiger partial charge is 0.478 e. The van der Waals surface area contributed by atoms with Gasteiger partial charge in [0.2, 0.25) is 5.91 Å². The van der Waals surface area contributed by atoms with Crippen LogP contribution in [-0.2, 0) is 0 Å². The standard InChI is InChI=1S/C13H11NO3/c1-7-2-3-8-4-5-9(12(14)15)6-10(8)11(7)13(16)17/h2-6H,1H3,(H2,14,15)(H,16,17). The predicted molar refractivity (Wildman–Crippen MR) is 64.2 cm³/mol. The fourth-order valence-electron chi connectivity index (χ4n) is 1.87. The molecular formula is C13H11NO3. The minimum Gasteiger partial charge on any atom is -0.478 e. The summed E-state index contributed by atoms with van der Waals surface area (Å²) >= 11 is 0. The van der Waals surface area contributed by atoms with Crippen LogP contribution in [0.3, 0.4) is 0 Å². The van der Waals surface area contributed by atoms with Crippen molar-refractivity contribution in [3.63, 3.8) is 0 Å². The second-order valence-corrected chi connectivity index (χ2v) is 3.86. The van der Waals surface area contributed by atoms with E-state index in [4.69, 9.17) is 5.73 Å². The summed E-state index contributed by atoms with van der Waals surface area (Å²) in [7, 11) is 0. The number of rotatable bonds is 2. The minimum absolute atomic E-state index is 0.214. The van der Waals surface area contributed by atoms with Crippen LogP contribution in [-0.4, -0.2) is 17.0 Å². The molecule has 2 aromatic carbocycles. The highest BCUT2D eigenvalue weighted by atomic mass is 16.4. The number of benzene rings is 2. The van der Waals surface area contributed by atoms with Crippen molar-refractivity contribution in [3.05, 3.63) is 47.0 Å². The van der Waals surface area contributed by atoms with E-state index in [9.17, 15) is 14.7 Å². The van der Waals surface area contributed by atoms with Crippen molar-refractivity contribution in [3.8, 4) is 0 Å². The summed E-state index contributed by atoms with van der Waals surface area (Å²) in [6.45, 7) is 1.72. The Balaban J connectivity index is 2.85. The maximum atomic E-state index is 11.2. The topological polar surface area (TPSA) is 80.4 Å². The zero-order valence-electron chi connectivity index (χ0n) is 9.23. The number of fused-ring (bicyclic) bond motifs is 1. The number of hydrogen-bond acceptors (Lipinski definition) is 2. The molecule has 0 aliphatic rings. The first-order valence-electron chi connectivity index (χ1n) is 5.07. The molecule has 0 heterocycles. The smallest absolute Gasteiger partial charge is 0.336 e. The highest BCUT2D eigenvalue weighted by Gasteiger charge is 2.13. The van der Waals surface area contributed by atoms with Gasteiger partial charge in [-0.1, -0.05) is 18.2 Å². The molecule has 0 atom stereocenters. The number of carbonyl (C=O) groups excluding carboxylic acids is 1. The van der Waals surface area contributed by atoms with Gasteiger partial charge in [-0.2, -0.15) is 0 Å². The molecule has 0 unspecified atom stereocenters. The Morgan fingerprint density at radius 3 is 2.41 bits per heavy atom. The average Bonchev–Trinajstić information content (AvgIpc) is 2.27. The lowest BCUT2D eigenvalue weighted by molar-refractivity contribution is 0.0698. The molecule has 4 nitrogen and oxygen atoms in total. The molecular weight excluding hydrogens is 218 g/mol. The molecule has 0 bridgehead atoms. The van der Waals surface area contributed by atoms with Crippen molar-refractivity contribution in [1.82, 2.24) is 0 Å². The van der Waals surface area contributed by atoms with Crippen LogP contribution in [0.25, 0.3) is 10.8 Å². The third-order valence-electron chi connectivity index (χ3n) is 2.73. The van der Waals surface area contributed by atoms with E-state index in [1.54, 1.807) is 25.1 Å². The molecule has 86 valence electrons. The normalized spacial score (nSPS) is 10.4. The highest BCUT2D eigenvalue weighted by molar-refractivity contribution is 6.07. The first-order valence-corrected chi connectivity index (χ1v) is 5.07. The van der Waals surface area contributed by atoms with Crippen LogP contribution in [0.5, 0.6) is 0 Å². The molecule has 0 aromatic heterocycles. The van der Waals surface area contributed by atoms with E-state index in [2.05, 4.69) is 0 Å². The lowest BCUT2D eigenvalue weighted by Gasteiger charge is -2.07. The van der Waals surface area contributed by atoms with Crippen LogP contribution in [0.15, 0.2) is 30.3 Å². The molecule has 4 heteroatoms. The van der Waals surface area contributed by atoms with E-state index in [-0.39, 0.29) is 5.56 Å². The van der Waals surface area contributed by atoms with Gasteiger partial charge in [0.25, 0.3) is 0 Å². The molecule has 2 aromatic rings. The summed E-state index contributed by atoms with van der Waals surface area (Å²) in [5.41, 5.74) is 6.37. The van der Waals surface area contributed by atoms with Gasteiger partial charge in [0.15, 0.2) is 0 Å². The van der Waals surface area contributed by atoms with E-state index in [1.165, 1.54) is 6.07 Å². The number of carboxylic acids is 1. The van der Waals surface area contributed by atoms with Gasteiger partial charge in [-0.25, -0.2) is 4.79 Å². The minimum atomic E-state index is -1.00. The molecule has 0 aliphatic carbocycles. The van der Waals surface area contributed by atoms with Crippen LogP contribution >= 0.6 is 0 Å². The Kier molecular flexibility index (Phi) is 2.55. The molecule has 0 radical (unpaired) electrons. The van der Waals surface area contributed by atoms with Gasteiger partial charge in [0.05, 0.1) is 5.56 Å². The van der Waals surface area contributed by atoms with E-state index in [0.29, 0.717) is 16.5 Å². The van der Waals surface area contributed by atoms with Crippen molar-refractivity contribution in [2.24, 2.45) is 5.73 Å². The van der Waals surface area contributed by atoms with Gasteiger partial charge < -0.3 is 10.8 Å². The molecule has 1 amide bonds. The van der Waals surface area contributed by atoms with Gasteiger partial charge in [-0.05, 0) is 35.4 Å². The monoisotopic (exact) mass is 229 g/mol. The lowest BCUT2D eigenvalue weighted by atomic mass is 9.98. The molecule has 2 rings (SSSR count). The van der Waals surface area contributed by atoms with E-state index in [0.717, 1.165) is 5.39 Å². The maximum absolute atomic E-state index is 11.2. The summed E-state index contributed by atoms with van der Waals surface area (Å²) in [6.07, 6.45) is 0. The quantitative estimate of drug-likeness (QED) is 0.825. The summed E-state index contributed by atoms with van der Waals surface area (Å²) in [5, 5.41) is 10.5. The van der Waals surface area contributed by atoms with Crippen LogP contribution in [0.4, 0.5) is 0 Å². The van der Waals surface area contributed by atoms with Crippen LogP contribution in [0.1, 0.15) is 26.3 Å². The maximum Gasteiger partial charge on any atom is 0.336 e. The number of primary amides is 1. The molecule has 0 fully saturated rings. The third-order valence-corrected chi connectivity index (χ3v) is 2.73. The average molecular weight is 229 g/mol. The molecule has 0 spiro atoms. The third kappa shape index (κ3) is 1.85. The molecule has 0 saturated carbocycles. The molecule has 3 N–H and O–H groups in total. The second-order valence-electron chi connectivity index (χ2n) is 3.86. The van der Waals surface area contributed by atoms with E-state index >= 15 is 0 Å². The van der Waals surface area contributed by atoms with Gasteiger partial charge in [0, 0.05) is 5.56 Å². The SMILES string of the molecule is Cc1ccc2ccc(C(N)=O)cc2c1C(=O)O. The van der Waals surface area contributed by atoms with E-state index < -0.39 is 11.9 Å². The fourth-order valence-corrected chi connectivity index (χ4v) is 1.87. The molecule has 0 aliphatic heterocycles. The van der Waals surface area contributed by atoms with E-state index in [1.807, 2.05) is 6.07 Å². The van der Waals surface area contributed by atoms with Crippen LogP contribution < -0.4 is 5.73 Å². The number of aromatic carboxylic acids is 1. The second kappa shape index (κ2) is 3.90. The van der Waals surface area contributed by atoms with Crippen LogP contribution in [0, 0.1) is 6.92 Å². The number of amides is 1. The van der Waals surface area contributed by atoms with Gasteiger partial charge >= 0.3 is 5.97 Å². The van der Waals surface area contributed by atoms with Crippen molar-refractivity contribution < 1.29 is 14.7 Å². The Hall–Kier alpha value is -2.36. The number of carbonyl (C=O) groups is 2. The van der Waals surface area contributed by atoms with Gasteiger partial charge in [-0.15, -0.1) is 0 Å². The molecule has 0 saturated heterocycles. The number of aryl methyl sites for hydroxylation is 1. The summed E-state index contributed by atoms with van der Waals surface area (Å²) < 4.78 is 0. The van der Waals surface area contributed by atoms with Crippen molar-refractivity contribution in [1.29, 1.82) is 0 Å². The Labute approximate surface area is 97.7 Å². The zero-order valence-corrected chi connectivity index (χ0v) is 9.23. The first-order chi connectivity index (χ1) is 8.00. The summed E-state index contributed by atoms with van der Waals surface area (Å²) in [6, 6.07) is 8.37. The fraction of sp³-hybridized carbons (Fsp3) is 0.0769. The Morgan fingerprint density at radius 2 is 1.82 bits per heavy atom. The summed E-state index contributed by atoms with van der Waals surface area (Å²) in [4.78, 5) is 22.3.